The van der Waals surface area contributed by atoms with Gasteiger partial charge in [-0.3, -0.25) is 9.35 Å². The fourth-order valence-corrected chi connectivity index (χ4v) is 10.8. The van der Waals surface area contributed by atoms with E-state index in [4.69, 9.17) is 4.18 Å². The highest BCUT2D eigenvalue weighted by atomic mass is 32.3. The Morgan fingerprint density at radius 1 is 1.09 bits per heavy atom. The van der Waals surface area contributed by atoms with Crippen LogP contribution in [0.2, 0.25) is 0 Å². The molecule has 9 atom stereocenters. The van der Waals surface area contributed by atoms with Crippen LogP contribution >= 0.6 is 0 Å². The second-order valence-electron chi connectivity index (χ2n) is 14.9. The van der Waals surface area contributed by atoms with Crippen LogP contribution in [0.25, 0.3) is 0 Å². The number of carboxylic acids is 1. The van der Waals surface area contributed by atoms with E-state index >= 15 is 0 Å². The Morgan fingerprint density at radius 3 is 2.47 bits per heavy atom. The van der Waals surface area contributed by atoms with Gasteiger partial charge < -0.3 is 10.4 Å². The number of aliphatic carboxylic acids is 1. The van der Waals surface area contributed by atoms with Gasteiger partial charge in [-0.1, -0.05) is 75.2 Å². The molecule has 248 valence electrons. The third-order valence-electron chi connectivity index (χ3n) is 12.5. The molecule has 3 fully saturated rings. The van der Waals surface area contributed by atoms with E-state index in [2.05, 4.69) is 33.0 Å². The van der Waals surface area contributed by atoms with Crippen molar-refractivity contribution in [2.75, 3.05) is 0 Å². The summed E-state index contributed by atoms with van der Waals surface area (Å²) in [6.07, 6.45) is 11.6. The summed E-state index contributed by atoms with van der Waals surface area (Å²) in [5.74, 6) is 0.619. The van der Waals surface area contributed by atoms with E-state index in [1.165, 1.54) is 12.8 Å². The van der Waals surface area contributed by atoms with E-state index in [9.17, 15) is 27.7 Å². The number of hydrogen-bond acceptors (Lipinski definition) is 5. The van der Waals surface area contributed by atoms with E-state index in [1.807, 2.05) is 12.1 Å². The average molecular weight is 642 g/mol. The Balaban J connectivity index is 1.22. The summed E-state index contributed by atoms with van der Waals surface area (Å²) in [4.78, 5) is 24.7. The topological polar surface area (TPSA) is 130 Å². The molecule has 5 rings (SSSR count). The number of benzene rings is 1. The van der Waals surface area contributed by atoms with Crippen LogP contribution in [-0.2, 0) is 24.2 Å². The van der Waals surface area contributed by atoms with Crippen molar-refractivity contribution in [2.24, 2.45) is 40.4 Å². The van der Waals surface area contributed by atoms with Gasteiger partial charge in [0.1, 0.15) is 0 Å². The lowest BCUT2D eigenvalue weighted by Crippen LogP contribution is -2.52. The minimum Gasteiger partial charge on any atom is -0.479 e. The third kappa shape index (κ3) is 6.68. The van der Waals surface area contributed by atoms with Crippen LogP contribution in [0.5, 0.6) is 0 Å². The molecule has 0 heterocycles. The predicted octanol–water partition coefficient (Wildman–Crippen LogP) is 7.45. The summed E-state index contributed by atoms with van der Waals surface area (Å²) in [7, 11) is -4.46. The summed E-state index contributed by atoms with van der Waals surface area (Å²) in [5.41, 5.74) is 4.76. The lowest BCUT2D eigenvalue weighted by Gasteiger charge is -2.58. The van der Waals surface area contributed by atoms with Crippen molar-refractivity contribution < 1.29 is 31.8 Å². The Labute approximate surface area is 269 Å². The van der Waals surface area contributed by atoms with E-state index in [-0.39, 0.29) is 22.7 Å². The molecule has 0 bridgehead atoms. The first-order valence-corrected chi connectivity index (χ1v) is 18.2. The molecule has 0 aromatic heterocycles. The largest absolute Gasteiger partial charge is 0.479 e. The van der Waals surface area contributed by atoms with Crippen molar-refractivity contribution in [1.29, 1.82) is 0 Å². The van der Waals surface area contributed by atoms with Crippen molar-refractivity contribution in [3.63, 3.8) is 0 Å². The minimum atomic E-state index is -4.46. The maximum Gasteiger partial charge on any atom is 0.397 e. The van der Waals surface area contributed by atoms with Crippen molar-refractivity contribution in [1.82, 2.24) is 5.32 Å². The zero-order chi connectivity index (χ0) is 32.7. The number of carboxylic acid groups (broad SMARTS) is 1. The van der Waals surface area contributed by atoms with Gasteiger partial charge in [0.05, 0.1) is 6.10 Å². The van der Waals surface area contributed by atoms with E-state index in [0.29, 0.717) is 41.2 Å². The average Bonchev–Trinajstić information content (AvgIpc) is 3.34. The molecule has 0 radical (unpaired) electrons. The molecule has 9 heteroatoms. The van der Waals surface area contributed by atoms with Crippen molar-refractivity contribution in [3.05, 3.63) is 58.7 Å². The van der Waals surface area contributed by atoms with Crippen LogP contribution in [0.3, 0.4) is 0 Å². The molecule has 4 aliphatic rings. The lowest BCUT2D eigenvalue weighted by molar-refractivity contribution is -0.141. The molecule has 3 N–H and O–H groups in total. The number of fused-ring (bicyclic) bond motifs is 4. The normalized spacial score (nSPS) is 34.7. The molecule has 4 aliphatic carbocycles. The number of carbonyl (C=O) groups is 2. The van der Waals surface area contributed by atoms with Crippen LogP contribution in [0, 0.1) is 40.4 Å². The quantitative estimate of drug-likeness (QED) is 0.137. The highest BCUT2D eigenvalue weighted by molar-refractivity contribution is 7.80. The molecular weight excluding hydrogens is 590 g/mol. The Hall–Kier alpha value is -2.49. The standard InChI is InChI=1S/C36H51NO7S/c1-22(10-9-11-23(2)33(38)37-32(34(39)40)25-12-7-6-8-13-25)27-16-17-29-26-14-15-28-24(3)31(44-45(41,42)43)19-21-36(28,5)30(26)18-20-35(27,29)4/h6-8,11-13,22,24,27-28,30-32H,9-10,14-21H2,1-5H3,(H,37,38)(H,39,40)(H,41,42,43)/b23-11+/t22-,24+,27-,28?,30?,31+,32+,35-,36+/m1/s1. The predicted molar refractivity (Wildman–Crippen MR) is 173 cm³/mol. The zero-order valence-corrected chi connectivity index (χ0v) is 28.2. The summed E-state index contributed by atoms with van der Waals surface area (Å²) < 4.78 is 37.4. The fourth-order valence-electron chi connectivity index (χ4n) is 10.2. The van der Waals surface area contributed by atoms with Crippen molar-refractivity contribution >= 4 is 22.3 Å². The number of allylic oxidation sites excluding steroid dienone is 3. The summed E-state index contributed by atoms with van der Waals surface area (Å²) >= 11 is 0. The Morgan fingerprint density at radius 2 is 1.80 bits per heavy atom. The smallest absolute Gasteiger partial charge is 0.397 e. The molecule has 1 aromatic carbocycles. The van der Waals surface area contributed by atoms with Crippen LogP contribution in [0.15, 0.2) is 53.1 Å². The van der Waals surface area contributed by atoms with Gasteiger partial charge in [0.25, 0.3) is 0 Å². The van der Waals surface area contributed by atoms with Crippen molar-refractivity contribution in [3.8, 4) is 0 Å². The first-order valence-electron chi connectivity index (χ1n) is 16.8. The molecule has 3 saturated carbocycles. The van der Waals surface area contributed by atoms with Crippen LogP contribution in [0.1, 0.15) is 110 Å². The van der Waals surface area contributed by atoms with Crippen LogP contribution < -0.4 is 5.32 Å². The van der Waals surface area contributed by atoms with Gasteiger partial charge in [-0.15, -0.1) is 0 Å². The first-order chi connectivity index (χ1) is 21.2. The molecule has 0 saturated heterocycles. The van der Waals surface area contributed by atoms with Gasteiger partial charge in [-0.2, -0.15) is 8.42 Å². The van der Waals surface area contributed by atoms with Gasteiger partial charge >= 0.3 is 16.4 Å². The summed E-state index contributed by atoms with van der Waals surface area (Å²) in [6.45, 7) is 11.1. The summed E-state index contributed by atoms with van der Waals surface area (Å²) in [6, 6.07) is 7.68. The molecule has 1 amide bonds. The van der Waals surface area contributed by atoms with Crippen LogP contribution in [-0.4, -0.2) is 36.1 Å². The number of nitrogens with one attached hydrogen (secondary N) is 1. The van der Waals surface area contributed by atoms with Gasteiger partial charge in [0.2, 0.25) is 5.91 Å². The SMILES string of the molecule is C/C(=C\CC[C@@H](C)[C@H]1CCC2=C3CCC4[C@H](C)[C@@H](OS(=O)(=O)O)CC[C@]4(C)C3CC[C@@]21C)C(=O)N[C@H](C(=O)O)c1ccccc1. The third-order valence-corrected chi connectivity index (χ3v) is 13.0. The van der Waals surface area contributed by atoms with E-state index in [1.54, 1.807) is 42.3 Å². The number of rotatable bonds is 10. The van der Waals surface area contributed by atoms with Crippen LogP contribution in [0.4, 0.5) is 0 Å². The molecule has 0 aliphatic heterocycles. The lowest BCUT2D eigenvalue weighted by atomic mass is 9.47. The zero-order valence-electron chi connectivity index (χ0n) is 27.4. The highest BCUT2D eigenvalue weighted by Gasteiger charge is 2.57. The second kappa shape index (κ2) is 13.0. The summed E-state index contributed by atoms with van der Waals surface area (Å²) in [5, 5.41) is 12.4. The molecule has 8 nitrogen and oxygen atoms in total. The van der Waals surface area contributed by atoms with E-state index in [0.717, 1.165) is 44.9 Å². The van der Waals surface area contributed by atoms with Gasteiger partial charge in [-0.05, 0) is 117 Å². The molecule has 0 spiro atoms. The highest BCUT2D eigenvalue weighted by Crippen LogP contribution is 2.66. The van der Waals surface area contributed by atoms with Gasteiger partial charge in [0, 0.05) is 5.57 Å². The van der Waals surface area contributed by atoms with Gasteiger partial charge in [0.15, 0.2) is 6.04 Å². The fraction of sp³-hybridized carbons (Fsp3) is 0.667. The maximum absolute atomic E-state index is 12.9. The molecule has 45 heavy (non-hydrogen) atoms. The maximum atomic E-state index is 12.9. The van der Waals surface area contributed by atoms with Crippen molar-refractivity contribution in [2.45, 2.75) is 111 Å². The molecule has 1 aromatic rings. The monoisotopic (exact) mass is 641 g/mol. The van der Waals surface area contributed by atoms with Gasteiger partial charge in [-0.25, -0.2) is 8.98 Å². The molecule has 2 unspecified atom stereocenters. The number of hydrogen-bond donors (Lipinski definition) is 3. The minimum absolute atomic E-state index is 0.0776. The second-order valence-corrected chi connectivity index (χ2v) is 15.9. The first kappa shape index (κ1) is 33.9. The molecular formula is C36H51NO7S. The Kier molecular flexibility index (Phi) is 9.75. The van der Waals surface area contributed by atoms with E-state index < -0.39 is 28.5 Å². The number of amides is 1. The number of carbonyl (C=O) groups excluding carboxylic acids is 1. The Bertz CT molecular complexity index is 1450.